The monoisotopic (exact) mass is 292 g/mol. The van der Waals surface area contributed by atoms with Crippen LogP contribution in [0.1, 0.15) is 23.0 Å². The Kier molecular flexibility index (Phi) is 4.69. The van der Waals surface area contributed by atoms with Gasteiger partial charge in [-0.2, -0.15) is 0 Å². The maximum Gasteiger partial charge on any atom is 0.354 e. The second kappa shape index (κ2) is 6.48. The highest BCUT2D eigenvalue weighted by Crippen LogP contribution is 2.19. The third-order valence-electron chi connectivity index (χ3n) is 2.93. The van der Waals surface area contributed by atoms with Crippen LogP contribution in [0.25, 0.3) is 0 Å². The third kappa shape index (κ3) is 3.54. The molecule has 0 fully saturated rings. The van der Waals surface area contributed by atoms with Crippen molar-refractivity contribution in [3.63, 3.8) is 0 Å². The number of aromatic amines is 1. The summed E-state index contributed by atoms with van der Waals surface area (Å²) in [6.07, 6.45) is 1.82. The Morgan fingerprint density at radius 1 is 1.35 bits per heavy atom. The standard InChI is InChI=1S/C15H17ClN2O2/c1-3-20-15(19)14-8-11(9-17-14)10-18(2)13-6-4-12(16)5-7-13/h4-9,17H,3,10H2,1-2H3. The lowest BCUT2D eigenvalue weighted by Crippen LogP contribution is -2.15. The summed E-state index contributed by atoms with van der Waals surface area (Å²) in [6.45, 7) is 2.85. The molecule has 0 saturated heterocycles. The molecular weight excluding hydrogens is 276 g/mol. The number of esters is 1. The molecule has 1 aromatic carbocycles. The number of nitrogens with zero attached hydrogens (tertiary/aromatic N) is 1. The maximum atomic E-state index is 11.6. The zero-order valence-corrected chi connectivity index (χ0v) is 12.3. The molecule has 2 aromatic rings. The third-order valence-corrected chi connectivity index (χ3v) is 3.18. The SMILES string of the molecule is CCOC(=O)c1cc(CN(C)c2ccc(Cl)cc2)c[nH]1. The molecule has 0 saturated carbocycles. The number of benzene rings is 1. The van der Waals surface area contributed by atoms with Crippen LogP contribution in [0.2, 0.25) is 5.02 Å². The molecule has 1 N–H and O–H groups in total. The van der Waals surface area contributed by atoms with Gasteiger partial charge >= 0.3 is 5.97 Å². The number of aromatic nitrogens is 1. The summed E-state index contributed by atoms with van der Waals surface area (Å²) in [4.78, 5) is 16.6. The van der Waals surface area contributed by atoms with Crippen molar-refractivity contribution in [2.45, 2.75) is 13.5 Å². The first kappa shape index (κ1) is 14.5. The lowest BCUT2D eigenvalue weighted by Gasteiger charge is -2.18. The molecule has 0 spiro atoms. The number of hydrogen-bond donors (Lipinski definition) is 1. The molecule has 0 bridgehead atoms. The topological polar surface area (TPSA) is 45.3 Å². The number of nitrogens with one attached hydrogen (secondary N) is 1. The van der Waals surface area contributed by atoms with Crippen LogP contribution in [0, 0.1) is 0 Å². The molecule has 1 aromatic heterocycles. The Balaban J connectivity index is 2.03. The van der Waals surface area contributed by atoms with Gasteiger partial charge in [0.05, 0.1) is 6.61 Å². The first-order valence-corrected chi connectivity index (χ1v) is 6.79. The Labute approximate surface area is 123 Å². The van der Waals surface area contributed by atoms with E-state index in [9.17, 15) is 4.79 Å². The van der Waals surface area contributed by atoms with Crippen LogP contribution in [0.3, 0.4) is 0 Å². The second-order valence-corrected chi connectivity index (χ2v) is 4.91. The quantitative estimate of drug-likeness (QED) is 0.858. The zero-order chi connectivity index (χ0) is 14.5. The summed E-state index contributed by atoms with van der Waals surface area (Å²) >= 11 is 5.87. The average Bonchev–Trinajstić information content (AvgIpc) is 2.88. The normalized spacial score (nSPS) is 10.3. The van der Waals surface area contributed by atoms with E-state index in [1.165, 1.54) is 0 Å². The van der Waals surface area contributed by atoms with E-state index in [1.54, 1.807) is 6.92 Å². The summed E-state index contributed by atoms with van der Waals surface area (Å²) in [5.74, 6) is -0.326. The van der Waals surface area contributed by atoms with E-state index in [1.807, 2.05) is 43.6 Å². The molecule has 4 nitrogen and oxygen atoms in total. The largest absolute Gasteiger partial charge is 0.461 e. The van der Waals surface area contributed by atoms with Gasteiger partial charge in [0, 0.05) is 30.5 Å². The van der Waals surface area contributed by atoms with Gasteiger partial charge < -0.3 is 14.6 Å². The van der Waals surface area contributed by atoms with Gasteiger partial charge in [0.15, 0.2) is 0 Å². The fraction of sp³-hybridized carbons (Fsp3) is 0.267. The van der Waals surface area contributed by atoms with Gasteiger partial charge in [-0.05, 0) is 42.8 Å². The van der Waals surface area contributed by atoms with E-state index in [0.29, 0.717) is 23.9 Å². The predicted octanol–water partition coefficient (Wildman–Crippen LogP) is 3.48. The molecule has 106 valence electrons. The van der Waals surface area contributed by atoms with Gasteiger partial charge in [-0.15, -0.1) is 0 Å². The van der Waals surface area contributed by atoms with Gasteiger partial charge in [-0.1, -0.05) is 11.6 Å². The summed E-state index contributed by atoms with van der Waals surface area (Å²) in [7, 11) is 1.99. The summed E-state index contributed by atoms with van der Waals surface area (Å²) < 4.78 is 4.95. The van der Waals surface area contributed by atoms with E-state index < -0.39 is 0 Å². The molecule has 0 atom stereocenters. The highest BCUT2D eigenvalue weighted by atomic mass is 35.5. The number of rotatable bonds is 5. The van der Waals surface area contributed by atoms with E-state index >= 15 is 0 Å². The molecule has 0 aliphatic heterocycles. The molecule has 0 amide bonds. The number of H-pyrrole nitrogens is 1. The minimum absolute atomic E-state index is 0.326. The van der Waals surface area contributed by atoms with Crippen LogP contribution in [-0.4, -0.2) is 24.6 Å². The number of anilines is 1. The fourth-order valence-corrected chi connectivity index (χ4v) is 2.04. The van der Waals surface area contributed by atoms with Gasteiger partial charge in [0.25, 0.3) is 0 Å². The Hall–Kier alpha value is -1.94. The molecule has 0 aliphatic carbocycles. The van der Waals surface area contributed by atoms with E-state index in [-0.39, 0.29) is 5.97 Å². The molecular formula is C15H17ClN2O2. The summed E-state index contributed by atoms with van der Waals surface area (Å²) in [5.41, 5.74) is 2.56. The molecule has 20 heavy (non-hydrogen) atoms. The number of carbonyl (C=O) groups is 1. The highest BCUT2D eigenvalue weighted by Gasteiger charge is 2.10. The van der Waals surface area contributed by atoms with Crippen LogP contribution >= 0.6 is 11.6 Å². The molecule has 2 rings (SSSR count). The summed E-state index contributed by atoms with van der Waals surface area (Å²) in [6, 6.07) is 9.44. The van der Waals surface area contributed by atoms with Crippen LogP contribution < -0.4 is 4.90 Å². The van der Waals surface area contributed by atoms with Crippen molar-refractivity contribution < 1.29 is 9.53 Å². The van der Waals surface area contributed by atoms with Crippen LogP contribution in [-0.2, 0) is 11.3 Å². The Morgan fingerprint density at radius 3 is 2.70 bits per heavy atom. The van der Waals surface area contributed by atoms with Gasteiger partial charge in [0.2, 0.25) is 0 Å². The van der Waals surface area contributed by atoms with Crippen molar-refractivity contribution in [3.05, 3.63) is 52.8 Å². The number of halogens is 1. The minimum Gasteiger partial charge on any atom is -0.461 e. The first-order chi connectivity index (χ1) is 9.60. The van der Waals surface area contributed by atoms with Gasteiger partial charge in [-0.25, -0.2) is 4.79 Å². The van der Waals surface area contributed by atoms with Gasteiger partial charge in [-0.3, -0.25) is 0 Å². The lowest BCUT2D eigenvalue weighted by molar-refractivity contribution is 0.0520. The van der Waals surface area contributed by atoms with Crippen LogP contribution in [0.5, 0.6) is 0 Å². The summed E-state index contributed by atoms with van der Waals surface area (Å²) in [5, 5.41) is 0.716. The molecule has 5 heteroatoms. The average molecular weight is 293 g/mol. The zero-order valence-electron chi connectivity index (χ0n) is 11.5. The van der Waals surface area contributed by atoms with Crippen molar-refractivity contribution in [3.8, 4) is 0 Å². The van der Waals surface area contributed by atoms with Crippen molar-refractivity contribution in [2.24, 2.45) is 0 Å². The molecule has 1 heterocycles. The molecule has 0 radical (unpaired) electrons. The van der Waals surface area contributed by atoms with Crippen molar-refractivity contribution in [2.75, 3.05) is 18.6 Å². The van der Waals surface area contributed by atoms with Crippen molar-refractivity contribution >= 4 is 23.3 Å². The minimum atomic E-state index is -0.326. The van der Waals surface area contributed by atoms with E-state index in [4.69, 9.17) is 16.3 Å². The van der Waals surface area contributed by atoms with Crippen molar-refractivity contribution in [1.82, 2.24) is 4.98 Å². The highest BCUT2D eigenvalue weighted by molar-refractivity contribution is 6.30. The smallest absolute Gasteiger partial charge is 0.354 e. The second-order valence-electron chi connectivity index (χ2n) is 4.47. The van der Waals surface area contributed by atoms with Gasteiger partial charge in [0.1, 0.15) is 5.69 Å². The first-order valence-electron chi connectivity index (χ1n) is 6.41. The molecule has 0 unspecified atom stereocenters. The molecule has 0 aliphatic rings. The van der Waals surface area contributed by atoms with Crippen molar-refractivity contribution in [1.29, 1.82) is 0 Å². The fourth-order valence-electron chi connectivity index (χ4n) is 1.92. The number of hydrogen-bond acceptors (Lipinski definition) is 3. The van der Waals surface area contributed by atoms with Crippen LogP contribution in [0.15, 0.2) is 36.5 Å². The maximum absolute atomic E-state index is 11.6. The lowest BCUT2D eigenvalue weighted by atomic mass is 10.2. The van der Waals surface area contributed by atoms with E-state index in [0.717, 1.165) is 11.3 Å². The van der Waals surface area contributed by atoms with Crippen LogP contribution in [0.4, 0.5) is 5.69 Å². The van der Waals surface area contributed by atoms with E-state index in [2.05, 4.69) is 9.88 Å². The number of ether oxygens (including phenoxy) is 1. The Morgan fingerprint density at radius 2 is 2.05 bits per heavy atom. The predicted molar refractivity (Wildman–Crippen MR) is 80.3 cm³/mol. The Bertz CT molecular complexity index is 578. The number of carbonyl (C=O) groups excluding carboxylic acids is 1.